The minimum absolute atomic E-state index is 0.110. The zero-order chi connectivity index (χ0) is 15.4. The van der Waals surface area contributed by atoms with Gasteiger partial charge in [0.1, 0.15) is 17.9 Å². The summed E-state index contributed by atoms with van der Waals surface area (Å²) in [5.74, 6) is -0.701. The molecule has 0 heterocycles. The smallest absolute Gasteiger partial charge is 0.339 e. The summed E-state index contributed by atoms with van der Waals surface area (Å²) in [4.78, 5) is 11.3. The van der Waals surface area contributed by atoms with Crippen molar-refractivity contribution in [2.75, 3.05) is 0 Å². The normalized spacial score (nSPS) is 9.95. The van der Waals surface area contributed by atoms with Gasteiger partial charge in [0.05, 0.1) is 11.6 Å². The van der Waals surface area contributed by atoms with Crippen molar-refractivity contribution in [3.05, 3.63) is 63.1 Å². The van der Waals surface area contributed by atoms with Crippen LogP contribution in [-0.2, 0) is 6.61 Å². The molecule has 0 fully saturated rings. The molecule has 0 radical (unpaired) electrons. The second kappa shape index (κ2) is 6.42. The van der Waals surface area contributed by atoms with Crippen LogP contribution in [0.4, 0.5) is 0 Å². The van der Waals surface area contributed by atoms with Crippen molar-refractivity contribution in [3.8, 4) is 11.8 Å². The highest BCUT2D eigenvalue weighted by molar-refractivity contribution is 9.10. The fourth-order valence-electron chi connectivity index (χ4n) is 1.97. The molecule has 5 heteroatoms. The number of nitrogens with zero attached hydrogens (tertiary/aromatic N) is 1. The first kappa shape index (κ1) is 15.1. The van der Waals surface area contributed by atoms with Crippen molar-refractivity contribution in [1.82, 2.24) is 0 Å². The molecule has 0 aliphatic heterocycles. The molecule has 0 bridgehead atoms. The first-order valence-corrected chi connectivity index (χ1v) is 6.96. The molecule has 0 spiro atoms. The number of hydrogen-bond acceptors (Lipinski definition) is 3. The van der Waals surface area contributed by atoms with Crippen LogP contribution in [0.25, 0.3) is 0 Å². The van der Waals surface area contributed by atoms with E-state index in [1.165, 1.54) is 6.07 Å². The number of carbonyl (C=O) groups is 1. The third-order valence-electron chi connectivity index (χ3n) is 2.91. The van der Waals surface area contributed by atoms with E-state index >= 15 is 0 Å². The number of benzene rings is 2. The number of hydrogen-bond donors (Lipinski definition) is 1. The third-order valence-corrected chi connectivity index (χ3v) is 3.37. The lowest BCUT2D eigenvalue weighted by molar-refractivity contribution is 0.0691. The van der Waals surface area contributed by atoms with E-state index in [2.05, 4.69) is 22.0 Å². The molecule has 0 aromatic heterocycles. The standard InChI is InChI=1S/C16H12BrNO3/c1-10-5-13(17)7-14(16(19)20)15(10)21-9-12-4-2-3-11(6-12)8-18/h2-7H,9H2,1H3,(H,19,20). The molecule has 0 saturated heterocycles. The Labute approximate surface area is 130 Å². The summed E-state index contributed by atoms with van der Waals surface area (Å²) in [5.41, 5.74) is 2.20. The maximum absolute atomic E-state index is 11.3. The Hall–Kier alpha value is -2.32. The Kier molecular flexibility index (Phi) is 4.61. The fraction of sp³-hybridized carbons (Fsp3) is 0.125. The van der Waals surface area contributed by atoms with E-state index in [1.54, 1.807) is 31.2 Å². The predicted molar refractivity (Wildman–Crippen MR) is 81.3 cm³/mol. The molecule has 0 atom stereocenters. The average Bonchev–Trinajstić information content (AvgIpc) is 2.45. The molecular formula is C16H12BrNO3. The highest BCUT2D eigenvalue weighted by Crippen LogP contribution is 2.29. The Morgan fingerprint density at radius 1 is 1.38 bits per heavy atom. The van der Waals surface area contributed by atoms with Gasteiger partial charge in [-0.05, 0) is 42.3 Å². The summed E-state index contributed by atoms with van der Waals surface area (Å²) in [5, 5.41) is 18.1. The number of carboxylic acid groups (broad SMARTS) is 1. The molecule has 21 heavy (non-hydrogen) atoms. The molecule has 106 valence electrons. The lowest BCUT2D eigenvalue weighted by atomic mass is 10.1. The van der Waals surface area contributed by atoms with Gasteiger partial charge in [-0.2, -0.15) is 5.26 Å². The second-order valence-electron chi connectivity index (χ2n) is 4.51. The zero-order valence-corrected chi connectivity index (χ0v) is 12.8. The number of ether oxygens (including phenoxy) is 1. The molecule has 2 rings (SSSR count). The summed E-state index contributed by atoms with van der Waals surface area (Å²) in [6.07, 6.45) is 0. The molecule has 2 aromatic carbocycles. The van der Waals surface area contributed by atoms with Crippen LogP contribution in [-0.4, -0.2) is 11.1 Å². The first-order chi connectivity index (χ1) is 10.0. The summed E-state index contributed by atoms with van der Waals surface area (Å²) in [6.45, 7) is 2.00. The maximum Gasteiger partial charge on any atom is 0.339 e. The van der Waals surface area contributed by atoms with Crippen molar-refractivity contribution < 1.29 is 14.6 Å². The van der Waals surface area contributed by atoms with Gasteiger partial charge < -0.3 is 9.84 Å². The number of nitriles is 1. The van der Waals surface area contributed by atoms with Gasteiger partial charge >= 0.3 is 5.97 Å². The summed E-state index contributed by atoms with van der Waals surface area (Å²) < 4.78 is 6.35. The fourth-order valence-corrected chi connectivity index (χ4v) is 2.54. The molecule has 0 aliphatic carbocycles. The van der Waals surface area contributed by atoms with E-state index in [0.717, 1.165) is 11.1 Å². The number of carboxylic acids is 1. The van der Waals surface area contributed by atoms with E-state index in [9.17, 15) is 9.90 Å². The van der Waals surface area contributed by atoms with Gasteiger partial charge in [0.2, 0.25) is 0 Å². The van der Waals surface area contributed by atoms with Crippen molar-refractivity contribution in [1.29, 1.82) is 5.26 Å². The molecule has 0 unspecified atom stereocenters. The Morgan fingerprint density at radius 2 is 2.14 bits per heavy atom. The Balaban J connectivity index is 2.27. The molecule has 0 saturated carbocycles. The molecule has 2 aromatic rings. The van der Waals surface area contributed by atoms with Gasteiger partial charge in [-0.15, -0.1) is 0 Å². The van der Waals surface area contributed by atoms with Gasteiger partial charge in [0, 0.05) is 4.47 Å². The third kappa shape index (κ3) is 3.61. The van der Waals surface area contributed by atoms with Gasteiger partial charge in [0.15, 0.2) is 0 Å². The van der Waals surface area contributed by atoms with Crippen LogP contribution < -0.4 is 4.74 Å². The summed E-state index contributed by atoms with van der Waals surface area (Å²) in [6, 6.07) is 12.4. The van der Waals surface area contributed by atoms with Gasteiger partial charge in [-0.25, -0.2) is 4.79 Å². The summed E-state index contributed by atoms with van der Waals surface area (Å²) in [7, 11) is 0. The van der Waals surface area contributed by atoms with Crippen molar-refractivity contribution in [2.24, 2.45) is 0 Å². The molecular weight excluding hydrogens is 334 g/mol. The molecule has 0 aliphatic rings. The Bertz CT molecular complexity index is 735. The van der Waals surface area contributed by atoms with Crippen LogP contribution in [0.1, 0.15) is 27.0 Å². The van der Waals surface area contributed by atoms with Crippen LogP contribution in [0.15, 0.2) is 40.9 Å². The van der Waals surface area contributed by atoms with E-state index in [-0.39, 0.29) is 12.2 Å². The van der Waals surface area contributed by atoms with Crippen LogP contribution >= 0.6 is 15.9 Å². The average molecular weight is 346 g/mol. The van der Waals surface area contributed by atoms with Crippen LogP contribution in [0, 0.1) is 18.3 Å². The highest BCUT2D eigenvalue weighted by atomic mass is 79.9. The topological polar surface area (TPSA) is 70.3 Å². The minimum Gasteiger partial charge on any atom is -0.488 e. The SMILES string of the molecule is Cc1cc(Br)cc(C(=O)O)c1OCc1cccc(C#N)c1. The lowest BCUT2D eigenvalue weighted by Crippen LogP contribution is -2.05. The monoisotopic (exact) mass is 345 g/mol. The van der Waals surface area contributed by atoms with Gasteiger partial charge in [-0.1, -0.05) is 28.1 Å². The lowest BCUT2D eigenvalue weighted by Gasteiger charge is -2.13. The maximum atomic E-state index is 11.3. The molecule has 0 amide bonds. The van der Waals surface area contributed by atoms with Gasteiger partial charge in [-0.3, -0.25) is 0 Å². The van der Waals surface area contributed by atoms with E-state index in [1.807, 2.05) is 6.07 Å². The van der Waals surface area contributed by atoms with Crippen molar-refractivity contribution >= 4 is 21.9 Å². The highest BCUT2D eigenvalue weighted by Gasteiger charge is 2.15. The number of aryl methyl sites for hydroxylation is 1. The van der Waals surface area contributed by atoms with Crippen LogP contribution in [0.2, 0.25) is 0 Å². The van der Waals surface area contributed by atoms with Crippen LogP contribution in [0.3, 0.4) is 0 Å². The second-order valence-corrected chi connectivity index (χ2v) is 5.42. The number of rotatable bonds is 4. The van der Waals surface area contributed by atoms with Gasteiger partial charge in [0.25, 0.3) is 0 Å². The van der Waals surface area contributed by atoms with Crippen molar-refractivity contribution in [2.45, 2.75) is 13.5 Å². The predicted octanol–water partition coefficient (Wildman–Crippen LogP) is 3.91. The molecule has 4 nitrogen and oxygen atoms in total. The quantitative estimate of drug-likeness (QED) is 0.911. The Morgan fingerprint density at radius 3 is 2.81 bits per heavy atom. The van der Waals surface area contributed by atoms with E-state index in [4.69, 9.17) is 10.00 Å². The zero-order valence-electron chi connectivity index (χ0n) is 11.3. The minimum atomic E-state index is -1.04. The first-order valence-electron chi connectivity index (χ1n) is 6.16. The summed E-state index contributed by atoms with van der Waals surface area (Å²) >= 11 is 3.28. The van der Waals surface area contributed by atoms with Crippen LogP contribution in [0.5, 0.6) is 5.75 Å². The number of halogens is 1. The largest absolute Gasteiger partial charge is 0.488 e. The van der Waals surface area contributed by atoms with Crippen molar-refractivity contribution in [3.63, 3.8) is 0 Å². The number of aromatic carboxylic acids is 1. The van der Waals surface area contributed by atoms with E-state index < -0.39 is 5.97 Å². The van der Waals surface area contributed by atoms with E-state index in [0.29, 0.717) is 15.8 Å². The molecule has 1 N–H and O–H groups in total.